The van der Waals surface area contributed by atoms with E-state index in [2.05, 4.69) is 26.7 Å². The Labute approximate surface area is 146 Å². The molecule has 0 unspecified atom stereocenters. The molecular weight excluding hydrogens is 406 g/mol. The number of nitrogens with one attached hydrogen (secondary N) is 1. The standard InChI is InChI=1S/C14H16BrNO3S3/c15-12-3-4-13(21-12)22(17,18)16-10-14(5-7-19-8-6-14)11-2-1-9-20-11/h1-4,9,16H,5-8,10H2. The molecule has 3 rings (SSSR count). The van der Waals surface area contributed by atoms with Crippen molar-refractivity contribution < 1.29 is 13.2 Å². The van der Waals surface area contributed by atoms with Gasteiger partial charge < -0.3 is 4.74 Å². The van der Waals surface area contributed by atoms with Crippen LogP contribution in [0.4, 0.5) is 0 Å². The van der Waals surface area contributed by atoms with Crippen LogP contribution in [0.3, 0.4) is 0 Å². The minimum atomic E-state index is -3.47. The van der Waals surface area contributed by atoms with Crippen molar-refractivity contribution in [2.45, 2.75) is 22.5 Å². The lowest BCUT2D eigenvalue weighted by Gasteiger charge is -2.36. The highest BCUT2D eigenvalue weighted by atomic mass is 79.9. The number of rotatable bonds is 5. The van der Waals surface area contributed by atoms with Crippen LogP contribution in [0.5, 0.6) is 0 Å². The molecule has 1 aliphatic heterocycles. The van der Waals surface area contributed by atoms with Gasteiger partial charge in [0.1, 0.15) is 4.21 Å². The van der Waals surface area contributed by atoms with E-state index in [4.69, 9.17) is 4.74 Å². The van der Waals surface area contributed by atoms with Crippen LogP contribution in [-0.2, 0) is 20.2 Å². The molecule has 1 aliphatic rings. The second-order valence-electron chi connectivity index (χ2n) is 5.25. The van der Waals surface area contributed by atoms with Crippen molar-refractivity contribution in [2.24, 2.45) is 0 Å². The molecule has 2 aromatic rings. The summed E-state index contributed by atoms with van der Waals surface area (Å²) in [6, 6.07) is 7.48. The lowest BCUT2D eigenvalue weighted by molar-refractivity contribution is 0.0529. The van der Waals surface area contributed by atoms with Gasteiger partial charge in [-0.15, -0.1) is 22.7 Å². The molecule has 0 radical (unpaired) electrons. The van der Waals surface area contributed by atoms with Gasteiger partial charge in [0.15, 0.2) is 0 Å². The molecule has 0 aliphatic carbocycles. The molecule has 0 spiro atoms. The molecule has 0 aromatic carbocycles. The van der Waals surface area contributed by atoms with E-state index in [9.17, 15) is 8.42 Å². The van der Waals surface area contributed by atoms with Gasteiger partial charge in [-0.05, 0) is 52.4 Å². The molecule has 0 bridgehead atoms. The van der Waals surface area contributed by atoms with Gasteiger partial charge in [-0.2, -0.15) is 0 Å². The van der Waals surface area contributed by atoms with Crippen molar-refractivity contribution in [3.8, 4) is 0 Å². The molecule has 1 fully saturated rings. The van der Waals surface area contributed by atoms with Gasteiger partial charge in [0.05, 0.1) is 3.79 Å². The molecule has 0 atom stereocenters. The molecule has 120 valence electrons. The SMILES string of the molecule is O=S(=O)(NCC1(c2cccs2)CCOCC1)c1ccc(Br)s1. The Morgan fingerprint density at radius 2 is 2.05 bits per heavy atom. The van der Waals surface area contributed by atoms with E-state index in [1.165, 1.54) is 16.2 Å². The van der Waals surface area contributed by atoms with Gasteiger partial charge in [-0.1, -0.05) is 6.07 Å². The Balaban J connectivity index is 1.80. The molecule has 3 heterocycles. The molecule has 0 saturated carbocycles. The summed E-state index contributed by atoms with van der Waals surface area (Å²) in [6.45, 7) is 1.75. The van der Waals surface area contributed by atoms with Gasteiger partial charge in [0.2, 0.25) is 10.0 Å². The van der Waals surface area contributed by atoms with Crippen LogP contribution < -0.4 is 4.72 Å². The zero-order valence-electron chi connectivity index (χ0n) is 11.7. The average Bonchev–Trinajstić information content (AvgIpc) is 3.18. The maximum atomic E-state index is 12.5. The summed E-state index contributed by atoms with van der Waals surface area (Å²) in [5.74, 6) is 0. The fourth-order valence-electron chi connectivity index (χ4n) is 2.60. The first kappa shape index (κ1) is 16.6. The Kier molecular flexibility index (Phi) is 5.06. The topological polar surface area (TPSA) is 55.4 Å². The normalized spacial score (nSPS) is 18.4. The third-order valence-corrected chi connectivity index (χ3v) is 8.54. The van der Waals surface area contributed by atoms with Crippen LogP contribution in [0.2, 0.25) is 0 Å². The lowest BCUT2D eigenvalue weighted by Crippen LogP contribution is -2.43. The van der Waals surface area contributed by atoms with Crippen LogP contribution in [0.15, 0.2) is 37.6 Å². The van der Waals surface area contributed by atoms with Gasteiger partial charge >= 0.3 is 0 Å². The van der Waals surface area contributed by atoms with Gasteiger partial charge in [-0.3, -0.25) is 0 Å². The molecule has 22 heavy (non-hydrogen) atoms. The fourth-order valence-corrected chi connectivity index (χ4v) is 6.77. The van der Waals surface area contributed by atoms with Crippen LogP contribution >= 0.6 is 38.6 Å². The summed E-state index contributed by atoms with van der Waals surface area (Å²) < 4.78 is 34.3. The van der Waals surface area contributed by atoms with Gasteiger partial charge in [0, 0.05) is 30.1 Å². The van der Waals surface area contributed by atoms with Crippen molar-refractivity contribution in [3.05, 3.63) is 38.3 Å². The Morgan fingerprint density at radius 1 is 1.27 bits per heavy atom. The van der Waals surface area contributed by atoms with Crippen molar-refractivity contribution in [3.63, 3.8) is 0 Å². The fraction of sp³-hybridized carbons (Fsp3) is 0.429. The van der Waals surface area contributed by atoms with E-state index in [1.807, 2.05) is 11.4 Å². The second-order valence-corrected chi connectivity index (χ2v) is 10.7. The molecule has 2 aromatic heterocycles. The first-order chi connectivity index (χ1) is 10.5. The van der Waals surface area contributed by atoms with Crippen molar-refractivity contribution >= 4 is 48.6 Å². The number of sulfonamides is 1. The smallest absolute Gasteiger partial charge is 0.250 e. The average molecular weight is 422 g/mol. The van der Waals surface area contributed by atoms with E-state index in [0.29, 0.717) is 24.0 Å². The lowest BCUT2D eigenvalue weighted by atomic mass is 9.79. The summed E-state index contributed by atoms with van der Waals surface area (Å²) in [5.41, 5.74) is -0.159. The maximum Gasteiger partial charge on any atom is 0.250 e. The predicted octanol–water partition coefficient (Wildman–Crippen LogP) is 3.60. The number of halogens is 1. The summed E-state index contributed by atoms with van der Waals surface area (Å²) in [7, 11) is -3.47. The van der Waals surface area contributed by atoms with Gasteiger partial charge in [-0.25, -0.2) is 13.1 Å². The van der Waals surface area contributed by atoms with Crippen LogP contribution in [0, 0.1) is 0 Å². The second kappa shape index (κ2) is 6.70. The summed E-state index contributed by atoms with van der Waals surface area (Å²) >= 11 is 6.21. The minimum absolute atomic E-state index is 0.159. The third-order valence-electron chi connectivity index (χ3n) is 3.91. The number of hydrogen-bond donors (Lipinski definition) is 1. The number of ether oxygens (including phenoxy) is 1. The molecule has 1 saturated heterocycles. The van der Waals surface area contributed by atoms with E-state index in [0.717, 1.165) is 16.6 Å². The minimum Gasteiger partial charge on any atom is -0.381 e. The number of hydrogen-bond acceptors (Lipinski definition) is 5. The first-order valence-electron chi connectivity index (χ1n) is 6.89. The van der Waals surface area contributed by atoms with Crippen molar-refractivity contribution in [1.82, 2.24) is 4.72 Å². The van der Waals surface area contributed by atoms with E-state index < -0.39 is 10.0 Å². The van der Waals surface area contributed by atoms with Crippen LogP contribution in [0.25, 0.3) is 0 Å². The molecule has 4 nitrogen and oxygen atoms in total. The zero-order chi connectivity index (χ0) is 15.6. The molecular formula is C14H16BrNO3S3. The molecule has 0 amide bonds. The Bertz CT molecular complexity index is 718. The molecule has 8 heteroatoms. The quantitative estimate of drug-likeness (QED) is 0.801. The van der Waals surface area contributed by atoms with Crippen molar-refractivity contribution in [2.75, 3.05) is 19.8 Å². The Hall–Kier alpha value is -0.250. The maximum absolute atomic E-state index is 12.5. The van der Waals surface area contributed by atoms with E-state index >= 15 is 0 Å². The highest BCUT2D eigenvalue weighted by Crippen LogP contribution is 2.37. The third kappa shape index (κ3) is 3.47. The van der Waals surface area contributed by atoms with E-state index in [1.54, 1.807) is 23.5 Å². The largest absolute Gasteiger partial charge is 0.381 e. The Morgan fingerprint density at radius 3 is 2.64 bits per heavy atom. The highest BCUT2D eigenvalue weighted by Gasteiger charge is 2.36. The highest BCUT2D eigenvalue weighted by molar-refractivity contribution is 9.11. The summed E-state index contributed by atoms with van der Waals surface area (Å²) in [5, 5.41) is 2.04. The van der Waals surface area contributed by atoms with Crippen molar-refractivity contribution in [1.29, 1.82) is 0 Å². The van der Waals surface area contributed by atoms with Crippen LogP contribution in [-0.4, -0.2) is 28.2 Å². The predicted molar refractivity (Wildman–Crippen MR) is 93.3 cm³/mol. The summed E-state index contributed by atoms with van der Waals surface area (Å²) in [6.07, 6.45) is 1.67. The summed E-state index contributed by atoms with van der Waals surface area (Å²) in [4.78, 5) is 1.23. The zero-order valence-corrected chi connectivity index (χ0v) is 15.8. The first-order valence-corrected chi connectivity index (χ1v) is 10.9. The monoisotopic (exact) mass is 421 g/mol. The molecule has 1 N–H and O–H groups in total. The number of thiophene rings is 2. The van der Waals surface area contributed by atoms with Gasteiger partial charge in [0.25, 0.3) is 0 Å². The van der Waals surface area contributed by atoms with Crippen LogP contribution in [0.1, 0.15) is 17.7 Å². The van der Waals surface area contributed by atoms with E-state index in [-0.39, 0.29) is 5.41 Å².